The van der Waals surface area contributed by atoms with Crippen molar-refractivity contribution in [3.8, 4) is 12.3 Å². The summed E-state index contributed by atoms with van der Waals surface area (Å²) in [5.74, 6) is -0.0262. The van der Waals surface area contributed by atoms with Gasteiger partial charge in [-0.3, -0.25) is 19.3 Å². The number of nitrogens with one attached hydrogen (secondary N) is 2. The monoisotopic (exact) mass is 593 g/mol. The van der Waals surface area contributed by atoms with Crippen LogP contribution in [-0.2, 0) is 30.6 Å². The highest BCUT2D eigenvalue weighted by Gasteiger charge is 2.54. The van der Waals surface area contributed by atoms with Gasteiger partial charge in [0.1, 0.15) is 22.8 Å². The van der Waals surface area contributed by atoms with Gasteiger partial charge in [0.25, 0.3) is 11.8 Å². The summed E-state index contributed by atoms with van der Waals surface area (Å²) in [5.41, 5.74) is 0.110. The fraction of sp³-hybridized carbons (Fsp3) is 0.350. The number of carbonyl (C=O) groups excluding carboxylic acids is 3. The molecule has 204 valence electrons. The molecular formula is C20H19N9O7S3. The molecule has 4 N–H and O–H groups in total. The maximum Gasteiger partial charge on any atom is 0.352 e. The smallest absolute Gasteiger partial charge is 0.352 e. The summed E-state index contributed by atoms with van der Waals surface area (Å²) in [4.78, 5) is 59.1. The van der Waals surface area contributed by atoms with Crippen molar-refractivity contribution in [2.24, 2.45) is 5.16 Å². The lowest BCUT2D eigenvalue weighted by Crippen LogP contribution is -2.71. The number of hydrogen-bond donors (Lipinski definition) is 4. The van der Waals surface area contributed by atoms with E-state index in [0.29, 0.717) is 17.1 Å². The van der Waals surface area contributed by atoms with E-state index in [2.05, 4.69) is 42.2 Å². The summed E-state index contributed by atoms with van der Waals surface area (Å²) in [6, 6.07) is -1.04. The normalized spacial score (nSPS) is 18.6. The summed E-state index contributed by atoms with van der Waals surface area (Å²) in [6.07, 6.45) is 5.58. The number of aliphatic hydroxyl groups is 1. The molecular weight excluding hydrogens is 574 g/mol. The van der Waals surface area contributed by atoms with E-state index in [-0.39, 0.29) is 53.5 Å². The number of nitrogens with zero attached hydrogens (tertiary/aromatic N) is 7. The molecule has 0 spiro atoms. The molecule has 2 aliphatic heterocycles. The van der Waals surface area contributed by atoms with Crippen molar-refractivity contribution in [1.82, 2.24) is 35.4 Å². The SMILES string of the molecule is C#CCON=C(C(=O)NC1C(=O)N2C(C(=O)O)=C(CSc3nnnn3CCO)CS[C@@H]12)c1csc(NC=O)n1. The fourth-order valence-corrected chi connectivity index (χ4v) is 6.57. The van der Waals surface area contributed by atoms with Crippen LogP contribution in [0.5, 0.6) is 0 Å². The third kappa shape index (κ3) is 6.03. The zero-order chi connectivity index (χ0) is 27.9. The average Bonchev–Trinajstić information content (AvgIpc) is 3.57. The molecule has 1 unspecified atom stereocenters. The Labute approximate surface area is 232 Å². The van der Waals surface area contributed by atoms with Crippen molar-refractivity contribution in [3.05, 3.63) is 22.3 Å². The van der Waals surface area contributed by atoms with E-state index in [4.69, 9.17) is 16.4 Å². The summed E-state index contributed by atoms with van der Waals surface area (Å²) in [7, 11) is 0. The number of carboxylic acid groups (broad SMARTS) is 1. The number of carbonyl (C=O) groups is 4. The number of carboxylic acids is 1. The van der Waals surface area contributed by atoms with Crippen LogP contribution in [-0.4, -0.2) is 106 Å². The molecule has 0 saturated carbocycles. The second-order valence-corrected chi connectivity index (χ2v) is 10.4. The molecule has 2 aromatic heterocycles. The highest BCUT2D eigenvalue weighted by molar-refractivity contribution is 8.01. The van der Waals surface area contributed by atoms with Gasteiger partial charge in [-0.1, -0.05) is 22.8 Å². The Morgan fingerprint density at radius 3 is 2.97 bits per heavy atom. The van der Waals surface area contributed by atoms with Crippen LogP contribution in [0.2, 0.25) is 0 Å². The Kier molecular flexibility index (Phi) is 9.13. The summed E-state index contributed by atoms with van der Waals surface area (Å²) in [5, 5.41) is 40.3. The van der Waals surface area contributed by atoms with Gasteiger partial charge in [-0.15, -0.1) is 34.6 Å². The van der Waals surface area contributed by atoms with Gasteiger partial charge in [0, 0.05) is 16.9 Å². The highest BCUT2D eigenvalue weighted by Crippen LogP contribution is 2.41. The number of β-lactam (4-membered cyclic amide) rings is 1. The Balaban J connectivity index is 1.49. The number of hydrogen-bond acceptors (Lipinski definition) is 14. The first kappa shape index (κ1) is 28.0. The van der Waals surface area contributed by atoms with E-state index in [1.807, 2.05) is 0 Å². The number of aromatic nitrogens is 5. The maximum absolute atomic E-state index is 13.1. The predicted molar refractivity (Wildman–Crippen MR) is 138 cm³/mol. The van der Waals surface area contributed by atoms with Crippen LogP contribution in [0.4, 0.5) is 5.13 Å². The van der Waals surface area contributed by atoms with Crippen molar-refractivity contribution < 1.29 is 34.2 Å². The summed E-state index contributed by atoms with van der Waals surface area (Å²) < 4.78 is 1.39. The molecule has 0 bridgehead atoms. The maximum atomic E-state index is 13.1. The Hall–Kier alpha value is -3.99. The van der Waals surface area contributed by atoms with Gasteiger partial charge in [-0.25, -0.2) is 14.5 Å². The number of thiazole rings is 1. The first-order chi connectivity index (χ1) is 18.9. The van der Waals surface area contributed by atoms with Gasteiger partial charge in [0.15, 0.2) is 17.5 Å². The van der Waals surface area contributed by atoms with Gasteiger partial charge in [-0.2, -0.15) is 0 Å². The summed E-state index contributed by atoms with van der Waals surface area (Å²) in [6.45, 7) is -0.219. The number of oxime groups is 1. The Morgan fingerprint density at radius 2 is 2.26 bits per heavy atom. The molecule has 3 amide bonds. The Morgan fingerprint density at radius 1 is 1.44 bits per heavy atom. The van der Waals surface area contributed by atoms with E-state index in [1.165, 1.54) is 33.6 Å². The van der Waals surface area contributed by atoms with Crippen molar-refractivity contribution in [1.29, 1.82) is 0 Å². The number of amides is 3. The minimum Gasteiger partial charge on any atom is -0.477 e. The molecule has 16 nitrogen and oxygen atoms in total. The number of aliphatic carboxylic acids is 1. The molecule has 0 radical (unpaired) electrons. The van der Waals surface area contributed by atoms with E-state index in [9.17, 15) is 24.3 Å². The molecule has 1 saturated heterocycles. The first-order valence-electron chi connectivity index (χ1n) is 10.9. The first-order valence-corrected chi connectivity index (χ1v) is 13.8. The highest BCUT2D eigenvalue weighted by atomic mass is 32.2. The standard InChI is InChI=1S/C20H19N9O7S3/c1-2-5-36-25-12(11-8-38-19(22-11)21-9-31)15(32)23-13-16(33)29-14(18(34)35)10(6-37-17(13)29)7-39-20-24-26-27-28(20)3-4-30/h1,8-9,13,17,30H,3-7H2,(H,23,32)(H,34,35)(H,21,22,31)/t13?,17-/m0/s1. The van der Waals surface area contributed by atoms with Crippen LogP contribution in [0.25, 0.3) is 0 Å². The van der Waals surface area contributed by atoms with Gasteiger partial charge >= 0.3 is 5.97 Å². The minimum absolute atomic E-state index is 0.0766. The van der Waals surface area contributed by atoms with Crippen molar-refractivity contribution in [2.45, 2.75) is 23.1 Å². The van der Waals surface area contributed by atoms with Gasteiger partial charge in [-0.05, 0) is 16.0 Å². The van der Waals surface area contributed by atoms with Crippen molar-refractivity contribution in [2.75, 3.05) is 30.0 Å². The van der Waals surface area contributed by atoms with Gasteiger partial charge in [0.05, 0.1) is 13.2 Å². The lowest BCUT2D eigenvalue weighted by molar-refractivity contribution is -0.150. The molecule has 2 aliphatic rings. The number of terminal acetylenes is 1. The largest absolute Gasteiger partial charge is 0.477 e. The fourth-order valence-electron chi connectivity index (χ4n) is 3.53. The number of rotatable bonds is 13. The third-order valence-corrected chi connectivity index (χ3v) is 8.33. The molecule has 1 fully saturated rings. The van der Waals surface area contributed by atoms with Crippen molar-refractivity contribution in [3.63, 3.8) is 0 Å². The molecule has 4 heterocycles. The average molecular weight is 594 g/mol. The number of anilines is 1. The minimum atomic E-state index is -1.29. The topological polar surface area (TPSA) is 214 Å². The van der Waals surface area contributed by atoms with Crippen LogP contribution in [0.3, 0.4) is 0 Å². The number of fused-ring (bicyclic) bond motifs is 1. The zero-order valence-electron chi connectivity index (χ0n) is 19.7. The van der Waals surface area contributed by atoms with E-state index in [0.717, 1.165) is 16.2 Å². The number of tetrazole rings is 1. The van der Waals surface area contributed by atoms with Crippen molar-refractivity contribution >= 4 is 69.9 Å². The molecule has 0 aromatic carbocycles. The van der Waals surface area contributed by atoms with Crippen LogP contribution >= 0.6 is 34.9 Å². The summed E-state index contributed by atoms with van der Waals surface area (Å²) >= 11 is 3.50. The van der Waals surface area contributed by atoms with E-state index < -0.39 is 29.2 Å². The molecule has 2 atom stereocenters. The molecule has 19 heteroatoms. The lowest BCUT2D eigenvalue weighted by atomic mass is 10.0. The number of thioether (sulfide) groups is 2. The van der Waals surface area contributed by atoms with E-state index >= 15 is 0 Å². The van der Waals surface area contributed by atoms with Gasteiger partial charge < -0.3 is 25.7 Å². The van der Waals surface area contributed by atoms with Gasteiger partial charge in [0.2, 0.25) is 11.6 Å². The molecule has 0 aliphatic carbocycles. The Bertz CT molecular complexity index is 1380. The number of aliphatic hydroxyl groups excluding tert-OH is 1. The lowest BCUT2D eigenvalue weighted by Gasteiger charge is -2.49. The van der Waals surface area contributed by atoms with Crippen LogP contribution in [0.15, 0.2) is 27.0 Å². The predicted octanol–water partition coefficient (Wildman–Crippen LogP) is -1.42. The zero-order valence-corrected chi connectivity index (χ0v) is 22.2. The van der Waals surface area contributed by atoms with Crippen LogP contribution < -0.4 is 10.6 Å². The molecule has 39 heavy (non-hydrogen) atoms. The second-order valence-electron chi connectivity index (χ2n) is 7.53. The third-order valence-electron chi connectivity index (χ3n) is 5.17. The second kappa shape index (κ2) is 12.7. The quantitative estimate of drug-likeness (QED) is 0.0399. The van der Waals surface area contributed by atoms with Crippen LogP contribution in [0.1, 0.15) is 5.69 Å². The van der Waals surface area contributed by atoms with E-state index in [1.54, 1.807) is 0 Å². The van der Waals surface area contributed by atoms with Crippen LogP contribution in [0, 0.1) is 12.3 Å². The molecule has 2 aromatic rings. The molecule has 4 rings (SSSR count).